The molecule has 0 spiro atoms. The number of nitrogens with two attached hydrogens (primary N) is 1. The Kier molecular flexibility index (Phi) is 3.03. The standard InChI is InChI=1S/C12H16FNO/c1-8-5-6-11(15-8)12(14)9-3-2-4-10(13)7-9/h2-4,7-8,11-12H,5-6,14H2,1H3. The highest BCUT2D eigenvalue weighted by Crippen LogP contribution is 2.28. The zero-order valence-electron chi connectivity index (χ0n) is 8.82. The van der Waals surface area contributed by atoms with E-state index in [9.17, 15) is 4.39 Å². The third-order valence-corrected chi connectivity index (χ3v) is 2.90. The maximum absolute atomic E-state index is 13.0. The van der Waals surface area contributed by atoms with Crippen molar-refractivity contribution in [1.29, 1.82) is 0 Å². The van der Waals surface area contributed by atoms with Gasteiger partial charge in [0.1, 0.15) is 5.82 Å². The van der Waals surface area contributed by atoms with Crippen LogP contribution in [0.4, 0.5) is 4.39 Å². The minimum atomic E-state index is -0.242. The Bertz CT molecular complexity index is 342. The summed E-state index contributed by atoms with van der Waals surface area (Å²) in [5.41, 5.74) is 6.85. The molecule has 3 unspecified atom stereocenters. The molecule has 1 aromatic carbocycles. The Balaban J connectivity index is 2.10. The second-order valence-corrected chi connectivity index (χ2v) is 4.14. The molecule has 0 aromatic heterocycles. The minimum Gasteiger partial charge on any atom is -0.373 e. The Hall–Kier alpha value is -0.930. The van der Waals surface area contributed by atoms with Gasteiger partial charge in [0.25, 0.3) is 0 Å². The molecule has 1 aliphatic heterocycles. The molecule has 1 fully saturated rings. The summed E-state index contributed by atoms with van der Waals surface area (Å²) < 4.78 is 18.7. The van der Waals surface area contributed by atoms with E-state index in [1.54, 1.807) is 6.07 Å². The van der Waals surface area contributed by atoms with Gasteiger partial charge < -0.3 is 10.5 Å². The molecule has 2 N–H and O–H groups in total. The number of rotatable bonds is 2. The highest BCUT2D eigenvalue weighted by molar-refractivity contribution is 5.21. The topological polar surface area (TPSA) is 35.2 Å². The zero-order valence-corrected chi connectivity index (χ0v) is 8.82. The zero-order chi connectivity index (χ0) is 10.8. The Morgan fingerprint density at radius 2 is 2.27 bits per heavy atom. The molecule has 15 heavy (non-hydrogen) atoms. The second-order valence-electron chi connectivity index (χ2n) is 4.14. The van der Waals surface area contributed by atoms with Crippen LogP contribution in [0.25, 0.3) is 0 Å². The van der Waals surface area contributed by atoms with Gasteiger partial charge in [0, 0.05) is 0 Å². The number of ether oxygens (including phenoxy) is 1. The van der Waals surface area contributed by atoms with Crippen molar-refractivity contribution in [1.82, 2.24) is 0 Å². The van der Waals surface area contributed by atoms with Crippen LogP contribution < -0.4 is 5.73 Å². The third-order valence-electron chi connectivity index (χ3n) is 2.90. The van der Waals surface area contributed by atoms with Gasteiger partial charge in [-0.3, -0.25) is 0 Å². The molecule has 0 amide bonds. The average molecular weight is 209 g/mol. The highest BCUT2D eigenvalue weighted by atomic mass is 19.1. The lowest BCUT2D eigenvalue weighted by Gasteiger charge is -2.19. The SMILES string of the molecule is CC1CCC(C(N)c2cccc(F)c2)O1. The largest absolute Gasteiger partial charge is 0.373 e. The lowest BCUT2D eigenvalue weighted by molar-refractivity contribution is 0.0401. The molecular formula is C12H16FNO. The van der Waals surface area contributed by atoms with E-state index in [0.29, 0.717) is 0 Å². The van der Waals surface area contributed by atoms with Crippen molar-refractivity contribution in [3.8, 4) is 0 Å². The van der Waals surface area contributed by atoms with Crippen molar-refractivity contribution in [2.75, 3.05) is 0 Å². The summed E-state index contributed by atoms with van der Waals surface area (Å²) in [4.78, 5) is 0. The minimum absolute atomic E-state index is 0.0294. The van der Waals surface area contributed by atoms with E-state index in [2.05, 4.69) is 0 Å². The predicted octanol–water partition coefficient (Wildman–Crippen LogP) is 2.39. The molecule has 2 rings (SSSR count). The van der Waals surface area contributed by atoms with Crippen LogP contribution in [0.1, 0.15) is 31.4 Å². The van der Waals surface area contributed by atoms with Crippen LogP contribution >= 0.6 is 0 Å². The maximum atomic E-state index is 13.0. The molecule has 0 aliphatic carbocycles. The Labute approximate surface area is 89.2 Å². The summed E-state index contributed by atoms with van der Waals surface area (Å²) in [5.74, 6) is -0.242. The summed E-state index contributed by atoms with van der Waals surface area (Å²) in [7, 11) is 0. The van der Waals surface area contributed by atoms with E-state index in [1.807, 2.05) is 13.0 Å². The maximum Gasteiger partial charge on any atom is 0.123 e. The lowest BCUT2D eigenvalue weighted by atomic mass is 10.00. The van der Waals surface area contributed by atoms with Gasteiger partial charge in [-0.1, -0.05) is 12.1 Å². The summed E-state index contributed by atoms with van der Waals surface area (Å²) in [6.45, 7) is 2.04. The number of hydrogen-bond donors (Lipinski definition) is 1. The molecule has 0 bridgehead atoms. The molecule has 1 heterocycles. The van der Waals surface area contributed by atoms with Gasteiger partial charge in [-0.15, -0.1) is 0 Å². The molecule has 0 saturated carbocycles. The van der Waals surface area contributed by atoms with Crippen LogP contribution in [-0.2, 0) is 4.74 Å². The fraction of sp³-hybridized carbons (Fsp3) is 0.500. The third kappa shape index (κ3) is 2.36. The first-order valence-corrected chi connectivity index (χ1v) is 5.33. The van der Waals surface area contributed by atoms with Gasteiger partial charge in [0.2, 0.25) is 0 Å². The molecule has 2 nitrogen and oxygen atoms in total. The van der Waals surface area contributed by atoms with Crippen LogP contribution in [-0.4, -0.2) is 12.2 Å². The molecule has 1 aliphatic rings. The fourth-order valence-electron chi connectivity index (χ4n) is 2.03. The molecule has 1 saturated heterocycles. The van der Waals surface area contributed by atoms with E-state index < -0.39 is 0 Å². The Morgan fingerprint density at radius 1 is 1.47 bits per heavy atom. The Morgan fingerprint density at radius 3 is 2.87 bits per heavy atom. The summed E-state index contributed by atoms with van der Waals surface area (Å²) >= 11 is 0. The smallest absolute Gasteiger partial charge is 0.123 e. The van der Waals surface area contributed by atoms with Gasteiger partial charge >= 0.3 is 0 Å². The summed E-state index contributed by atoms with van der Waals surface area (Å²) in [5, 5.41) is 0. The predicted molar refractivity (Wildman–Crippen MR) is 56.9 cm³/mol. The van der Waals surface area contributed by atoms with Crippen LogP contribution in [0.2, 0.25) is 0 Å². The van der Waals surface area contributed by atoms with Crippen molar-refractivity contribution in [2.24, 2.45) is 5.73 Å². The quantitative estimate of drug-likeness (QED) is 0.811. The summed E-state index contributed by atoms with van der Waals surface area (Å²) in [6, 6.07) is 6.22. The summed E-state index contributed by atoms with van der Waals surface area (Å²) in [6.07, 6.45) is 2.29. The van der Waals surface area contributed by atoms with Crippen LogP contribution in [0.5, 0.6) is 0 Å². The van der Waals surface area contributed by atoms with E-state index in [-0.39, 0.29) is 24.1 Å². The average Bonchev–Trinajstić information content (AvgIpc) is 2.64. The van der Waals surface area contributed by atoms with Crippen LogP contribution in [0.3, 0.4) is 0 Å². The van der Waals surface area contributed by atoms with Crippen molar-refractivity contribution >= 4 is 0 Å². The van der Waals surface area contributed by atoms with Gasteiger partial charge in [-0.25, -0.2) is 4.39 Å². The van der Waals surface area contributed by atoms with Crippen molar-refractivity contribution in [2.45, 2.75) is 38.0 Å². The van der Waals surface area contributed by atoms with E-state index in [0.717, 1.165) is 18.4 Å². The second kappa shape index (κ2) is 4.29. The van der Waals surface area contributed by atoms with Crippen molar-refractivity contribution in [3.05, 3.63) is 35.6 Å². The number of hydrogen-bond acceptors (Lipinski definition) is 2. The highest BCUT2D eigenvalue weighted by Gasteiger charge is 2.28. The first kappa shape index (κ1) is 10.6. The lowest BCUT2D eigenvalue weighted by Crippen LogP contribution is -2.26. The van der Waals surface area contributed by atoms with Gasteiger partial charge in [0.05, 0.1) is 18.2 Å². The first-order valence-electron chi connectivity index (χ1n) is 5.33. The van der Waals surface area contributed by atoms with Gasteiger partial charge in [0.15, 0.2) is 0 Å². The van der Waals surface area contributed by atoms with Crippen LogP contribution in [0.15, 0.2) is 24.3 Å². The molecular weight excluding hydrogens is 193 g/mol. The van der Waals surface area contributed by atoms with Crippen LogP contribution in [0, 0.1) is 5.82 Å². The monoisotopic (exact) mass is 209 g/mol. The van der Waals surface area contributed by atoms with Crippen molar-refractivity contribution in [3.63, 3.8) is 0 Å². The molecule has 3 heteroatoms. The molecule has 0 radical (unpaired) electrons. The molecule has 1 aromatic rings. The van der Waals surface area contributed by atoms with E-state index in [4.69, 9.17) is 10.5 Å². The van der Waals surface area contributed by atoms with Gasteiger partial charge in [-0.05, 0) is 37.5 Å². The first-order chi connectivity index (χ1) is 7.16. The number of halogens is 1. The molecule has 3 atom stereocenters. The van der Waals surface area contributed by atoms with Gasteiger partial charge in [-0.2, -0.15) is 0 Å². The molecule has 82 valence electrons. The van der Waals surface area contributed by atoms with E-state index in [1.165, 1.54) is 12.1 Å². The van der Waals surface area contributed by atoms with E-state index >= 15 is 0 Å². The van der Waals surface area contributed by atoms with Crippen molar-refractivity contribution < 1.29 is 9.13 Å². The fourth-order valence-corrected chi connectivity index (χ4v) is 2.03. The number of benzene rings is 1. The normalized spacial score (nSPS) is 27.9.